The SMILES string of the molecule is C=CCOC(=O)Cn1c(=O)sc2ccccc21. The van der Waals surface area contributed by atoms with Crippen LogP contribution in [0.4, 0.5) is 0 Å². The summed E-state index contributed by atoms with van der Waals surface area (Å²) in [5.41, 5.74) is 0.762. The van der Waals surface area contributed by atoms with E-state index in [4.69, 9.17) is 4.74 Å². The van der Waals surface area contributed by atoms with Crippen LogP contribution in [0.3, 0.4) is 0 Å². The number of rotatable bonds is 4. The zero-order chi connectivity index (χ0) is 12.3. The molecule has 0 amide bonds. The number of benzene rings is 1. The van der Waals surface area contributed by atoms with Crippen molar-refractivity contribution in [3.8, 4) is 0 Å². The molecule has 88 valence electrons. The van der Waals surface area contributed by atoms with E-state index in [1.54, 1.807) is 0 Å². The van der Waals surface area contributed by atoms with Gasteiger partial charge in [0, 0.05) is 0 Å². The smallest absolute Gasteiger partial charge is 0.326 e. The van der Waals surface area contributed by atoms with Crippen LogP contribution in [-0.2, 0) is 16.1 Å². The molecule has 17 heavy (non-hydrogen) atoms. The monoisotopic (exact) mass is 249 g/mol. The highest BCUT2D eigenvalue weighted by Crippen LogP contribution is 2.16. The number of hydrogen-bond acceptors (Lipinski definition) is 4. The molecule has 0 fully saturated rings. The van der Waals surface area contributed by atoms with Crippen molar-refractivity contribution in [1.82, 2.24) is 4.57 Å². The van der Waals surface area contributed by atoms with Crippen molar-refractivity contribution in [3.05, 3.63) is 46.6 Å². The lowest BCUT2D eigenvalue weighted by molar-refractivity contribution is -0.143. The van der Waals surface area contributed by atoms with Crippen LogP contribution in [0.15, 0.2) is 41.7 Å². The number of ether oxygens (including phenoxy) is 1. The molecule has 5 heteroatoms. The summed E-state index contributed by atoms with van der Waals surface area (Å²) in [5.74, 6) is -0.435. The predicted molar refractivity (Wildman–Crippen MR) is 67.2 cm³/mol. The molecule has 0 saturated heterocycles. The summed E-state index contributed by atoms with van der Waals surface area (Å²) in [4.78, 5) is 23.0. The second-order valence-electron chi connectivity index (χ2n) is 3.39. The van der Waals surface area contributed by atoms with E-state index in [9.17, 15) is 9.59 Å². The molecule has 0 radical (unpaired) electrons. The molecule has 1 heterocycles. The molecular formula is C12H11NO3S. The van der Waals surface area contributed by atoms with Crippen molar-refractivity contribution in [2.75, 3.05) is 6.61 Å². The molecule has 0 spiro atoms. The molecule has 0 aliphatic rings. The van der Waals surface area contributed by atoms with Gasteiger partial charge in [-0.05, 0) is 12.1 Å². The van der Waals surface area contributed by atoms with Gasteiger partial charge in [0.15, 0.2) is 0 Å². The maximum absolute atomic E-state index is 11.7. The summed E-state index contributed by atoms with van der Waals surface area (Å²) in [6.45, 7) is 3.56. The van der Waals surface area contributed by atoms with Gasteiger partial charge in [0.05, 0.1) is 10.2 Å². The highest BCUT2D eigenvalue weighted by atomic mass is 32.1. The minimum absolute atomic E-state index is 0.0588. The fraction of sp³-hybridized carbons (Fsp3) is 0.167. The first-order valence-corrected chi connectivity index (χ1v) is 5.89. The van der Waals surface area contributed by atoms with Crippen molar-refractivity contribution in [3.63, 3.8) is 0 Å². The minimum Gasteiger partial charge on any atom is -0.460 e. The van der Waals surface area contributed by atoms with Gasteiger partial charge in [-0.15, -0.1) is 0 Å². The zero-order valence-electron chi connectivity index (χ0n) is 9.09. The van der Waals surface area contributed by atoms with E-state index in [-0.39, 0.29) is 18.0 Å². The quantitative estimate of drug-likeness (QED) is 0.613. The highest BCUT2D eigenvalue weighted by Gasteiger charge is 2.10. The number of fused-ring (bicyclic) bond motifs is 1. The largest absolute Gasteiger partial charge is 0.460 e. The molecule has 0 aliphatic carbocycles. The number of para-hydroxylation sites is 1. The lowest BCUT2D eigenvalue weighted by Crippen LogP contribution is -2.20. The number of nitrogens with zero attached hydrogens (tertiary/aromatic N) is 1. The van der Waals surface area contributed by atoms with Crippen molar-refractivity contribution in [2.24, 2.45) is 0 Å². The molecule has 0 aliphatic heterocycles. The lowest BCUT2D eigenvalue weighted by Gasteiger charge is -2.03. The van der Waals surface area contributed by atoms with Crippen LogP contribution >= 0.6 is 11.3 Å². The van der Waals surface area contributed by atoms with Crippen molar-refractivity contribution in [2.45, 2.75) is 6.54 Å². The molecule has 0 unspecified atom stereocenters. The summed E-state index contributed by atoms with van der Waals surface area (Å²) < 4.78 is 7.15. The van der Waals surface area contributed by atoms with Gasteiger partial charge in [0.25, 0.3) is 0 Å². The number of esters is 1. The maximum atomic E-state index is 11.7. The molecule has 0 bridgehead atoms. The van der Waals surface area contributed by atoms with Crippen molar-refractivity contribution < 1.29 is 9.53 Å². The zero-order valence-corrected chi connectivity index (χ0v) is 9.90. The Morgan fingerprint density at radius 1 is 1.47 bits per heavy atom. The van der Waals surface area contributed by atoms with Crippen LogP contribution < -0.4 is 4.87 Å². The molecule has 1 aromatic carbocycles. The van der Waals surface area contributed by atoms with E-state index >= 15 is 0 Å². The van der Waals surface area contributed by atoms with E-state index in [0.29, 0.717) is 0 Å². The number of carbonyl (C=O) groups is 1. The van der Waals surface area contributed by atoms with E-state index in [1.807, 2.05) is 24.3 Å². The molecule has 0 atom stereocenters. The predicted octanol–water partition coefficient (Wildman–Crippen LogP) is 1.79. The summed E-state index contributed by atoms with van der Waals surface area (Å²) in [6.07, 6.45) is 1.49. The number of carbonyl (C=O) groups excluding carboxylic acids is 1. The Hall–Kier alpha value is -1.88. The van der Waals surface area contributed by atoms with E-state index in [2.05, 4.69) is 6.58 Å². The van der Waals surface area contributed by atoms with Gasteiger partial charge in [0.1, 0.15) is 13.2 Å². The van der Waals surface area contributed by atoms with Gasteiger partial charge in [-0.25, -0.2) is 0 Å². The Labute approximate surface area is 102 Å². The van der Waals surface area contributed by atoms with E-state index < -0.39 is 5.97 Å². The summed E-state index contributed by atoms with van der Waals surface area (Å²) >= 11 is 1.12. The van der Waals surface area contributed by atoms with Crippen LogP contribution in [-0.4, -0.2) is 17.1 Å². The third kappa shape index (κ3) is 2.45. The van der Waals surface area contributed by atoms with E-state index in [1.165, 1.54) is 10.6 Å². The minimum atomic E-state index is -0.435. The maximum Gasteiger partial charge on any atom is 0.326 e. The van der Waals surface area contributed by atoms with Gasteiger partial charge in [-0.2, -0.15) is 0 Å². The average molecular weight is 249 g/mol. The summed E-state index contributed by atoms with van der Waals surface area (Å²) in [5, 5.41) is 0. The standard InChI is InChI=1S/C12H11NO3S/c1-2-7-16-11(14)8-13-9-5-3-4-6-10(9)17-12(13)15/h2-6H,1,7-8H2. The Morgan fingerprint density at radius 3 is 3.00 bits per heavy atom. The Morgan fingerprint density at radius 2 is 2.24 bits per heavy atom. The Bertz CT molecular complexity index is 611. The molecule has 4 nitrogen and oxygen atoms in total. The van der Waals surface area contributed by atoms with Crippen LogP contribution in [0.5, 0.6) is 0 Å². The average Bonchev–Trinajstić information content (AvgIpc) is 2.64. The van der Waals surface area contributed by atoms with Crippen molar-refractivity contribution >= 4 is 27.5 Å². The molecule has 2 rings (SSSR count). The fourth-order valence-electron chi connectivity index (χ4n) is 1.49. The lowest BCUT2D eigenvalue weighted by atomic mass is 10.3. The third-order valence-corrected chi connectivity index (χ3v) is 3.18. The second-order valence-corrected chi connectivity index (χ2v) is 4.39. The van der Waals surface area contributed by atoms with Gasteiger partial charge < -0.3 is 4.74 Å². The van der Waals surface area contributed by atoms with Crippen molar-refractivity contribution in [1.29, 1.82) is 0 Å². The highest BCUT2D eigenvalue weighted by molar-refractivity contribution is 7.16. The van der Waals surface area contributed by atoms with Crippen LogP contribution in [0, 0.1) is 0 Å². The van der Waals surface area contributed by atoms with Gasteiger partial charge in [0.2, 0.25) is 0 Å². The van der Waals surface area contributed by atoms with Gasteiger partial charge in [-0.3, -0.25) is 14.2 Å². The molecule has 0 saturated carbocycles. The molecule has 2 aromatic rings. The molecule has 1 aromatic heterocycles. The fourth-order valence-corrected chi connectivity index (χ4v) is 2.38. The van der Waals surface area contributed by atoms with Crippen LogP contribution in [0.2, 0.25) is 0 Å². The van der Waals surface area contributed by atoms with Gasteiger partial charge >= 0.3 is 10.8 Å². The first-order valence-electron chi connectivity index (χ1n) is 5.07. The number of hydrogen-bond donors (Lipinski definition) is 0. The van der Waals surface area contributed by atoms with E-state index in [0.717, 1.165) is 21.6 Å². The van der Waals surface area contributed by atoms with Crippen LogP contribution in [0.1, 0.15) is 0 Å². The topological polar surface area (TPSA) is 48.3 Å². The van der Waals surface area contributed by atoms with Crippen LogP contribution in [0.25, 0.3) is 10.2 Å². The Kier molecular flexibility index (Phi) is 3.39. The van der Waals surface area contributed by atoms with Gasteiger partial charge in [-0.1, -0.05) is 36.1 Å². The number of aromatic nitrogens is 1. The second kappa shape index (κ2) is 4.97. The number of thiazole rings is 1. The first kappa shape index (κ1) is 11.6. The Balaban J connectivity index is 2.29. The molecular weight excluding hydrogens is 238 g/mol. The summed E-state index contributed by atoms with van der Waals surface area (Å²) in [7, 11) is 0. The first-order chi connectivity index (χ1) is 8.22. The third-order valence-electron chi connectivity index (χ3n) is 2.22. The summed E-state index contributed by atoms with van der Waals surface area (Å²) in [6, 6.07) is 7.36. The molecule has 0 N–H and O–H groups in total. The normalized spacial score (nSPS) is 10.4.